The second-order valence-corrected chi connectivity index (χ2v) is 14.0. The number of likely N-dealkylation sites (N-methyl/N-ethyl adjacent to an activating group) is 1. The van der Waals surface area contributed by atoms with Crippen molar-refractivity contribution in [3.8, 4) is 6.07 Å². The highest BCUT2D eigenvalue weighted by atomic mass is 32.2. The second kappa shape index (κ2) is 16.0. The first-order valence-electron chi connectivity index (χ1n) is 15.8. The number of nitriles is 1. The van der Waals surface area contributed by atoms with Gasteiger partial charge in [-0.25, -0.2) is 18.0 Å². The summed E-state index contributed by atoms with van der Waals surface area (Å²) in [6, 6.07) is 8.61. The maximum Gasteiger partial charge on any atom is 0.460 e. The molecule has 1 heterocycles. The number of carbonyl (C=O) groups excluding carboxylic acids is 4. The zero-order valence-corrected chi connectivity index (χ0v) is 27.9. The molecule has 16 heteroatoms. The normalized spacial score (nSPS) is 18.1. The van der Waals surface area contributed by atoms with Crippen molar-refractivity contribution in [2.75, 3.05) is 38.5 Å². The molecule has 4 amide bonds. The molecule has 49 heavy (non-hydrogen) atoms. The number of halogens is 5. The number of nitrogens with one attached hydrogen (secondary N) is 3. The van der Waals surface area contributed by atoms with E-state index in [2.05, 4.69) is 15.5 Å². The van der Waals surface area contributed by atoms with Crippen LogP contribution in [0.3, 0.4) is 0 Å². The van der Waals surface area contributed by atoms with Crippen molar-refractivity contribution in [1.82, 2.24) is 19.8 Å². The van der Waals surface area contributed by atoms with Gasteiger partial charge in [-0.2, -0.15) is 18.8 Å². The maximum atomic E-state index is 15.4. The summed E-state index contributed by atoms with van der Waals surface area (Å²) in [6.07, 6.45) is -1.70. The van der Waals surface area contributed by atoms with Gasteiger partial charge in [0.2, 0.25) is 28.8 Å². The lowest BCUT2D eigenvalue weighted by molar-refractivity contribution is -0.144. The Kier molecular flexibility index (Phi) is 12.3. The highest BCUT2D eigenvalue weighted by Gasteiger charge is 2.52. The average molecular weight is 710 g/mol. The Morgan fingerprint density at radius 3 is 2.35 bits per heavy atom. The molecule has 0 radical (unpaired) electrons. The van der Waals surface area contributed by atoms with Gasteiger partial charge in [-0.05, 0) is 36.9 Å². The summed E-state index contributed by atoms with van der Waals surface area (Å²) >= 11 is -2.08. The number of carbonyl (C=O) groups is 4. The largest absolute Gasteiger partial charge is 0.460 e. The monoisotopic (exact) mass is 709 g/mol. The maximum absolute atomic E-state index is 15.4. The van der Waals surface area contributed by atoms with Crippen molar-refractivity contribution in [3.05, 3.63) is 65.0 Å². The summed E-state index contributed by atoms with van der Waals surface area (Å²) in [5, 5.41) is 12.1. The fourth-order valence-electron chi connectivity index (χ4n) is 5.54. The van der Waals surface area contributed by atoms with Crippen LogP contribution in [0, 0.1) is 17.1 Å². The fraction of sp³-hybridized carbons (Fsp3) is 0.485. The molecule has 1 aliphatic carbocycles. The van der Waals surface area contributed by atoms with E-state index >= 15 is 13.2 Å². The quantitative estimate of drug-likeness (QED) is 0.260. The second-order valence-electron chi connectivity index (χ2n) is 12.1. The Hall–Kier alpha value is -4.23. The Labute approximate surface area is 283 Å². The van der Waals surface area contributed by atoms with Gasteiger partial charge in [0, 0.05) is 70.3 Å². The molecule has 264 valence electrons. The first-order valence-corrected chi connectivity index (χ1v) is 17.1. The Morgan fingerprint density at radius 1 is 1.06 bits per heavy atom. The highest BCUT2D eigenvalue weighted by Crippen LogP contribution is 2.37. The van der Waals surface area contributed by atoms with Crippen molar-refractivity contribution in [3.63, 3.8) is 0 Å². The third-order valence-electron chi connectivity index (χ3n) is 8.52. The molecule has 2 aliphatic rings. The van der Waals surface area contributed by atoms with Crippen molar-refractivity contribution >= 4 is 39.7 Å². The van der Waals surface area contributed by atoms with Gasteiger partial charge in [0.25, 0.3) is 0 Å². The van der Waals surface area contributed by atoms with Crippen LogP contribution in [0.2, 0.25) is 0 Å². The summed E-state index contributed by atoms with van der Waals surface area (Å²) in [5.41, 5.74) is -0.975. The van der Waals surface area contributed by atoms with Crippen LogP contribution in [-0.4, -0.2) is 83.2 Å². The van der Waals surface area contributed by atoms with Gasteiger partial charge < -0.3 is 15.1 Å². The van der Waals surface area contributed by atoms with Crippen LogP contribution in [0.15, 0.2) is 42.5 Å². The molecule has 4 rings (SSSR count). The van der Waals surface area contributed by atoms with Crippen LogP contribution < -0.4 is 15.4 Å². The number of nitrogens with zero attached hydrogens (tertiary/aromatic N) is 3. The fourth-order valence-corrected chi connectivity index (χ4v) is 7.36. The molecule has 2 aromatic rings. The van der Waals surface area contributed by atoms with E-state index in [1.807, 2.05) is 11.8 Å². The van der Waals surface area contributed by atoms with Gasteiger partial charge in [0.05, 0.1) is 17.3 Å². The van der Waals surface area contributed by atoms with Crippen LogP contribution in [0.4, 0.5) is 32.4 Å². The molecule has 1 saturated heterocycles. The minimum atomic E-state index is -4.19. The molecule has 2 atom stereocenters. The molecule has 1 saturated carbocycles. The lowest BCUT2D eigenvalue weighted by Crippen LogP contribution is -2.54. The third-order valence-corrected chi connectivity index (χ3v) is 10.6. The predicted octanol–water partition coefficient (Wildman–Crippen LogP) is 4.46. The molecule has 0 bridgehead atoms. The van der Waals surface area contributed by atoms with E-state index in [9.17, 15) is 28.0 Å². The molecular formula is C33H38F5N6O4S+. The SMILES string of the molecule is CCC(=O)NC(Cc1ccc(NC(=O)[S+](NC(=O)C(F)(F)c2cccc(C#N)c2)C2CCC(F)(F)CC2)c(F)c1)C(=O)N1CCN(C)CC1. The van der Waals surface area contributed by atoms with Gasteiger partial charge in [-0.3, -0.25) is 19.7 Å². The third kappa shape index (κ3) is 9.69. The van der Waals surface area contributed by atoms with Gasteiger partial charge in [0.1, 0.15) is 11.9 Å². The van der Waals surface area contributed by atoms with Gasteiger partial charge in [0.15, 0.2) is 5.25 Å². The summed E-state index contributed by atoms with van der Waals surface area (Å²) in [4.78, 5) is 55.6. The lowest BCUT2D eigenvalue weighted by Gasteiger charge is -2.34. The van der Waals surface area contributed by atoms with E-state index in [4.69, 9.17) is 5.26 Å². The summed E-state index contributed by atoms with van der Waals surface area (Å²) in [7, 11) is 1.93. The van der Waals surface area contributed by atoms with E-state index in [0.29, 0.717) is 31.7 Å². The van der Waals surface area contributed by atoms with Crippen LogP contribution in [0.1, 0.15) is 55.7 Å². The molecule has 2 aromatic carbocycles. The van der Waals surface area contributed by atoms with Gasteiger partial charge >= 0.3 is 17.1 Å². The van der Waals surface area contributed by atoms with Crippen LogP contribution in [-0.2, 0) is 37.8 Å². The van der Waals surface area contributed by atoms with Gasteiger partial charge in [-0.15, -0.1) is 0 Å². The number of amides is 4. The first kappa shape index (κ1) is 37.6. The van der Waals surface area contributed by atoms with E-state index in [1.54, 1.807) is 17.9 Å². The summed E-state index contributed by atoms with van der Waals surface area (Å²) in [5.74, 6) is -10.7. The molecular weight excluding hydrogens is 671 g/mol. The van der Waals surface area contributed by atoms with Crippen LogP contribution in [0.5, 0.6) is 0 Å². The topological polar surface area (TPSA) is 135 Å². The van der Waals surface area contributed by atoms with Crippen LogP contribution in [0.25, 0.3) is 0 Å². The molecule has 2 fully saturated rings. The zero-order chi connectivity index (χ0) is 35.9. The van der Waals surface area contributed by atoms with Crippen molar-refractivity contribution < 1.29 is 41.1 Å². The number of rotatable bonds is 9. The average Bonchev–Trinajstić information content (AvgIpc) is 3.08. The Morgan fingerprint density at radius 2 is 1.73 bits per heavy atom. The number of benzene rings is 2. The predicted molar refractivity (Wildman–Crippen MR) is 173 cm³/mol. The van der Waals surface area contributed by atoms with Gasteiger partial charge in [-0.1, -0.05) is 25.1 Å². The number of hydrogen-bond donors (Lipinski definition) is 3. The standard InChI is InChI=1S/C33H37F5N6O4S/c1-3-28(45)40-27(29(46)44-15-13-43(2)14-16-44)19-21-7-8-26(25(34)18-21)41-31(48)49(24-9-11-32(35,36)12-10-24)42-30(47)33(37,38)23-6-4-5-22(17-23)20-39/h4-8,17-18,24,27H,3,9-16,19H2,1-2H3,(H2-,40,41,42,45,47,48)/p+1. The number of anilines is 1. The van der Waals surface area contributed by atoms with Crippen molar-refractivity contribution in [2.24, 2.45) is 0 Å². The Bertz CT molecular complexity index is 1590. The van der Waals surface area contributed by atoms with E-state index in [1.165, 1.54) is 24.3 Å². The zero-order valence-electron chi connectivity index (χ0n) is 27.0. The highest BCUT2D eigenvalue weighted by molar-refractivity contribution is 8.10. The van der Waals surface area contributed by atoms with E-state index in [0.717, 1.165) is 18.2 Å². The number of alkyl halides is 4. The van der Waals surface area contributed by atoms with E-state index in [-0.39, 0.29) is 48.7 Å². The molecule has 2 unspecified atom stereocenters. The van der Waals surface area contributed by atoms with E-state index < -0.39 is 69.6 Å². The number of hydrogen-bond acceptors (Lipinski definition) is 6. The number of piperazine rings is 1. The van der Waals surface area contributed by atoms with Crippen molar-refractivity contribution in [1.29, 1.82) is 5.26 Å². The van der Waals surface area contributed by atoms with Crippen molar-refractivity contribution in [2.45, 2.75) is 68.6 Å². The smallest absolute Gasteiger partial charge is 0.344 e. The molecule has 3 N–H and O–H groups in total. The first-order chi connectivity index (χ1) is 23.1. The molecule has 0 spiro atoms. The molecule has 10 nitrogen and oxygen atoms in total. The summed E-state index contributed by atoms with van der Waals surface area (Å²) < 4.78 is 75.8. The summed E-state index contributed by atoms with van der Waals surface area (Å²) in [6.45, 7) is 3.86. The Balaban J connectivity index is 1.52. The molecule has 1 aliphatic heterocycles. The minimum absolute atomic E-state index is 0.0547. The lowest BCUT2D eigenvalue weighted by atomic mass is 9.96. The minimum Gasteiger partial charge on any atom is -0.344 e. The van der Waals surface area contributed by atoms with Crippen LogP contribution >= 0.6 is 0 Å². The molecule has 0 aromatic heterocycles.